The van der Waals surface area contributed by atoms with Crippen molar-refractivity contribution in [2.75, 3.05) is 0 Å². The van der Waals surface area contributed by atoms with E-state index in [0.29, 0.717) is 12.8 Å². The Balaban J connectivity index is 4.86. The van der Waals surface area contributed by atoms with E-state index < -0.39 is 17.4 Å². The molecule has 0 heterocycles. The predicted molar refractivity (Wildman–Crippen MR) is 70.5 cm³/mol. The summed E-state index contributed by atoms with van der Waals surface area (Å²) < 4.78 is 0. The summed E-state index contributed by atoms with van der Waals surface area (Å²) in [5.41, 5.74) is -0.887. The highest BCUT2D eigenvalue weighted by Gasteiger charge is 2.34. The van der Waals surface area contributed by atoms with E-state index >= 15 is 0 Å². The van der Waals surface area contributed by atoms with Crippen LogP contribution in [0.4, 0.5) is 0 Å². The fourth-order valence-corrected chi connectivity index (χ4v) is 1.95. The van der Waals surface area contributed by atoms with Crippen LogP contribution in [0.2, 0.25) is 0 Å². The fourth-order valence-electron chi connectivity index (χ4n) is 1.95. The van der Waals surface area contributed by atoms with Crippen molar-refractivity contribution < 1.29 is 19.8 Å². The van der Waals surface area contributed by atoms with Gasteiger partial charge in [0.05, 0.1) is 11.8 Å². The molecule has 0 spiro atoms. The van der Waals surface area contributed by atoms with Crippen LogP contribution in [0.15, 0.2) is 12.2 Å². The average molecular weight is 256 g/mol. The normalized spacial score (nSPS) is 11.9. The molecule has 104 valence electrons. The molecule has 0 radical (unpaired) electrons. The summed E-state index contributed by atoms with van der Waals surface area (Å²) in [6.45, 7) is 4.04. The second kappa shape index (κ2) is 8.72. The van der Waals surface area contributed by atoms with Crippen LogP contribution >= 0.6 is 0 Å². The molecule has 0 aliphatic carbocycles. The van der Waals surface area contributed by atoms with Gasteiger partial charge in [0.25, 0.3) is 0 Å². The van der Waals surface area contributed by atoms with Crippen LogP contribution in [-0.2, 0) is 9.59 Å². The molecule has 0 amide bonds. The fraction of sp³-hybridized carbons (Fsp3) is 0.714. The molecule has 4 heteroatoms. The van der Waals surface area contributed by atoms with Gasteiger partial charge in [-0.1, -0.05) is 51.7 Å². The molecule has 0 atom stereocenters. The van der Waals surface area contributed by atoms with Gasteiger partial charge in [0.2, 0.25) is 0 Å². The Morgan fingerprint density at radius 1 is 1.06 bits per heavy atom. The molecule has 0 rings (SSSR count). The number of rotatable bonds is 10. The van der Waals surface area contributed by atoms with Gasteiger partial charge in [0.15, 0.2) is 0 Å². The van der Waals surface area contributed by atoms with Crippen molar-refractivity contribution >= 4 is 11.9 Å². The highest BCUT2D eigenvalue weighted by molar-refractivity contribution is 5.77. The van der Waals surface area contributed by atoms with E-state index in [1.54, 1.807) is 6.08 Å². The zero-order valence-electron chi connectivity index (χ0n) is 11.3. The maximum absolute atomic E-state index is 11.5. The highest BCUT2D eigenvalue weighted by atomic mass is 16.4. The summed E-state index contributed by atoms with van der Waals surface area (Å²) in [4.78, 5) is 22.0. The number of carboxylic acid groups (broad SMARTS) is 2. The Labute approximate surface area is 109 Å². The van der Waals surface area contributed by atoms with E-state index in [1.165, 1.54) is 6.08 Å². The van der Waals surface area contributed by atoms with Gasteiger partial charge in [-0.2, -0.15) is 0 Å². The molecule has 18 heavy (non-hydrogen) atoms. The molecule has 0 saturated carbocycles. The van der Waals surface area contributed by atoms with Crippen LogP contribution < -0.4 is 0 Å². The van der Waals surface area contributed by atoms with Gasteiger partial charge in [0, 0.05) is 0 Å². The van der Waals surface area contributed by atoms with E-state index in [9.17, 15) is 14.7 Å². The Hall–Kier alpha value is -1.32. The third kappa shape index (κ3) is 5.84. The summed E-state index contributed by atoms with van der Waals surface area (Å²) in [6.07, 6.45) is 7.66. The minimum Gasteiger partial charge on any atom is -0.481 e. The number of carboxylic acids is 2. The summed E-state index contributed by atoms with van der Waals surface area (Å²) in [5, 5.41) is 18.0. The molecular formula is C14H24O4. The lowest BCUT2D eigenvalue weighted by atomic mass is 9.78. The van der Waals surface area contributed by atoms with E-state index in [1.807, 2.05) is 13.8 Å². The molecular weight excluding hydrogens is 232 g/mol. The number of aliphatic carboxylic acids is 2. The molecule has 0 aromatic carbocycles. The van der Waals surface area contributed by atoms with E-state index in [0.717, 1.165) is 25.7 Å². The Morgan fingerprint density at radius 3 is 1.89 bits per heavy atom. The van der Waals surface area contributed by atoms with Crippen molar-refractivity contribution in [2.45, 2.75) is 58.8 Å². The molecule has 0 aliphatic heterocycles. The van der Waals surface area contributed by atoms with Crippen molar-refractivity contribution in [3.8, 4) is 0 Å². The quantitative estimate of drug-likeness (QED) is 0.587. The molecule has 0 bridgehead atoms. The lowest BCUT2D eigenvalue weighted by molar-refractivity contribution is -0.147. The van der Waals surface area contributed by atoms with Gasteiger partial charge in [-0.15, -0.1) is 0 Å². The van der Waals surface area contributed by atoms with Crippen molar-refractivity contribution in [3.05, 3.63) is 12.2 Å². The van der Waals surface area contributed by atoms with Crippen molar-refractivity contribution in [3.63, 3.8) is 0 Å². The van der Waals surface area contributed by atoms with Gasteiger partial charge < -0.3 is 10.2 Å². The maximum atomic E-state index is 11.5. The Morgan fingerprint density at radius 2 is 1.56 bits per heavy atom. The van der Waals surface area contributed by atoms with Gasteiger partial charge in [-0.05, 0) is 12.8 Å². The van der Waals surface area contributed by atoms with Crippen LogP contribution in [-0.4, -0.2) is 22.2 Å². The zero-order valence-corrected chi connectivity index (χ0v) is 11.3. The Bertz CT molecular complexity index is 286. The van der Waals surface area contributed by atoms with Crippen molar-refractivity contribution in [1.82, 2.24) is 0 Å². The lowest BCUT2D eigenvalue weighted by Crippen LogP contribution is -2.29. The number of hydrogen-bond acceptors (Lipinski definition) is 2. The van der Waals surface area contributed by atoms with Crippen LogP contribution in [0.1, 0.15) is 58.8 Å². The smallest absolute Gasteiger partial charge is 0.313 e. The van der Waals surface area contributed by atoms with E-state index in [4.69, 9.17) is 5.11 Å². The Kier molecular flexibility index (Phi) is 8.08. The summed E-state index contributed by atoms with van der Waals surface area (Å²) in [5.74, 6) is -1.78. The van der Waals surface area contributed by atoms with E-state index in [2.05, 4.69) is 0 Å². The van der Waals surface area contributed by atoms with Gasteiger partial charge in [-0.25, -0.2) is 0 Å². The van der Waals surface area contributed by atoms with Crippen molar-refractivity contribution in [2.24, 2.45) is 5.41 Å². The molecule has 0 saturated heterocycles. The van der Waals surface area contributed by atoms with Gasteiger partial charge in [0.1, 0.15) is 0 Å². The minimum absolute atomic E-state index is 0.118. The molecule has 0 aromatic rings. The topological polar surface area (TPSA) is 74.6 Å². The summed E-state index contributed by atoms with van der Waals surface area (Å²) >= 11 is 0. The van der Waals surface area contributed by atoms with Crippen LogP contribution in [0, 0.1) is 5.41 Å². The SMILES string of the molecule is CCCCC(/C=C/CC(=O)O)(CCCC)C(=O)O. The third-order valence-electron chi connectivity index (χ3n) is 3.11. The first-order chi connectivity index (χ1) is 8.48. The summed E-state index contributed by atoms with van der Waals surface area (Å²) in [7, 11) is 0. The largest absolute Gasteiger partial charge is 0.481 e. The van der Waals surface area contributed by atoms with E-state index in [-0.39, 0.29) is 6.42 Å². The summed E-state index contributed by atoms with van der Waals surface area (Å²) in [6, 6.07) is 0. The van der Waals surface area contributed by atoms with Gasteiger partial charge >= 0.3 is 11.9 Å². The molecule has 2 N–H and O–H groups in total. The van der Waals surface area contributed by atoms with Crippen LogP contribution in [0.5, 0.6) is 0 Å². The number of carbonyl (C=O) groups is 2. The first kappa shape index (κ1) is 16.7. The maximum Gasteiger partial charge on any atom is 0.313 e. The zero-order chi connectivity index (χ0) is 14.0. The van der Waals surface area contributed by atoms with Crippen LogP contribution in [0.3, 0.4) is 0 Å². The van der Waals surface area contributed by atoms with Crippen molar-refractivity contribution in [1.29, 1.82) is 0 Å². The molecule has 0 fully saturated rings. The van der Waals surface area contributed by atoms with Crippen LogP contribution in [0.25, 0.3) is 0 Å². The first-order valence-corrected chi connectivity index (χ1v) is 6.61. The monoisotopic (exact) mass is 256 g/mol. The van der Waals surface area contributed by atoms with Gasteiger partial charge in [-0.3, -0.25) is 9.59 Å². The number of hydrogen-bond donors (Lipinski definition) is 2. The second-order valence-corrected chi connectivity index (χ2v) is 4.67. The molecule has 0 aromatic heterocycles. The highest BCUT2D eigenvalue weighted by Crippen LogP contribution is 2.33. The standard InChI is InChI=1S/C14H24O4/c1-3-5-9-14(13(17)18,10-6-4-2)11-7-8-12(15)16/h7,11H,3-6,8-10H2,1-2H3,(H,15,16)(H,17,18)/b11-7+. The number of unbranched alkanes of at least 4 members (excludes halogenated alkanes) is 2. The average Bonchev–Trinajstić information content (AvgIpc) is 2.31. The predicted octanol–water partition coefficient (Wildman–Crippen LogP) is 3.47. The molecule has 4 nitrogen and oxygen atoms in total. The first-order valence-electron chi connectivity index (χ1n) is 6.61. The molecule has 0 aliphatic rings. The minimum atomic E-state index is -0.934. The molecule has 0 unspecified atom stereocenters. The third-order valence-corrected chi connectivity index (χ3v) is 3.11. The lowest BCUT2D eigenvalue weighted by Gasteiger charge is -2.26. The second-order valence-electron chi connectivity index (χ2n) is 4.67.